The largest absolute Gasteiger partial charge is 0.492 e. The molecule has 15 heavy (non-hydrogen) atoms. The maximum atomic E-state index is 5.67. The Bertz CT molecular complexity index is 348. The van der Waals surface area contributed by atoms with E-state index in [1.165, 1.54) is 10.5 Å². The van der Waals surface area contributed by atoms with Crippen LogP contribution in [0, 0.1) is 0 Å². The molecule has 1 heterocycles. The van der Waals surface area contributed by atoms with Gasteiger partial charge in [0.05, 0.1) is 0 Å². The molecule has 0 aliphatic carbocycles. The quantitative estimate of drug-likeness (QED) is 0.806. The molecule has 0 unspecified atom stereocenters. The van der Waals surface area contributed by atoms with Crippen molar-refractivity contribution in [1.82, 2.24) is 5.32 Å². The molecule has 0 atom stereocenters. The van der Waals surface area contributed by atoms with E-state index in [4.69, 9.17) is 4.74 Å². The summed E-state index contributed by atoms with van der Waals surface area (Å²) in [6, 6.07) is 4.18. The Labute approximate surface area is 109 Å². The summed E-state index contributed by atoms with van der Waals surface area (Å²) >= 11 is 5.25. The Hall–Kier alpha value is 0.1000. The van der Waals surface area contributed by atoms with Crippen molar-refractivity contribution in [3.8, 4) is 5.75 Å². The average molecular weight is 311 g/mol. The topological polar surface area (TPSA) is 21.3 Å². The van der Waals surface area contributed by atoms with Gasteiger partial charge in [0.2, 0.25) is 0 Å². The molecule has 5 heteroatoms. The monoisotopic (exact) mass is 309 g/mol. The van der Waals surface area contributed by atoms with Crippen LogP contribution in [-0.2, 0) is 6.54 Å². The van der Waals surface area contributed by atoms with E-state index in [-0.39, 0.29) is 12.4 Å². The molecule has 0 amide bonds. The van der Waals surface area contributed by atoms with Gasteiger partial charge in [0, 0.05) is 28.0 Å². The van der Waals surface area contributed by atoms with Crippen molar-refractivity contribution in [2.45, 2.75) is 11.4 Å². The minimum Gasteiger partial charge on any atom is -0.492 e. The number of fused-ring (bicyclic) bond motifs is 1. The molecule has 1 aromatic carbocycles. The van der Waals surface area contributed by atoms with Gasteiger partial charge in [0.15, 0.2) is 0 Å². The molecule has 0 saturated carbocycles. The Morgan fingerprint density at radius 1 is 1.47 bits per heavy atom. The molecule has 0 fully saturated rings. The molecule has 2 nitrogen and oxygen atoms in total. The second-order valence-corrected chi connectivity index (χ2v) is 4.87. The van der Waals surface area contributed by atoms with E-state index < -0.39 is 0 Å². The Morgan fingerprint density at radius 2 is 2.27 bits per heavy atom. The van der Waals surface area contributed by atoms with Crippen LogP contribution in [0.25, 0.3) is 0 Å². The van der Waals surface area contributed by atoms with E-state index in [9.17, 15) is 0 Å². The number of thioether (sulfide) groups is 1. The van der Waals surface area contributed by atoms with Crippen molar-refractivity contribution in [1.29, 1.82) is 0 Å². The van der Waals surface area contributed by atoms with Gasteiger partial charge in [0.25, 0.3) is 0 Å². The summed E-state index contributed by atoms with van der Waals surface area (Å²) in [5, 5.41) is 3.34. The molecule has 0 spiro atoms. The predicted molar refractivity (Wildman–Crippen MR) is 70.4 cm³/mol. The Morgan fingerprint density at radius 3 is 3.00 bits per heavy atom. The van der Waals surface area contributed by atoms with E-state index in [0.717, 1.165) is 29.9 Å². The summed E-state index contributed by atoms with van der Waals surface area (Å²) in [7, 11) is 0. The third kappa shape index (κ3) is 3.03. The van der Waals surface area contributed by atoms with Crippen LogP contribution in [0.5, 0.6) is 5.75 Å². The summed E-state index contributed by atoms with van der Waals surface area (Å²) in [6.07, 6.45) is 2.09. The van der Waals surface area contributed by atoms with Gasteiger partial charge in [-0.1, -0.05) is 15.9 Å². The van der Waals surface area contributed by atoms with E-state index in [2.05, 4.69) is 33.6 Å². The van der Waals surface area contributed by atoms with Gasteiger partial charge in [-0.05, 0) is 18.4 Å². The fourth-order valence-electron chi connectivity index (χ4n) is 1.52. The van der Waals surface area contributed by atoms with E-state index >= 15 is 0 Å². The maximum Gasteiger partial charge on any atom is 0.126 e. The first-order valence-corrected chi connectivity index (χ1v) is 6.53. The highest BCUT2D eigenvalue weighted by Gasteiger charge is 2.13. The van der Waals surface area contributed by atoms with Crippen LogP contribution in [0.4, 0.5) is 0 Å². The first-order chi connectivity index (χ1) is 6.81. The Balaban J connectivity index is 0.00000112. The number of rotatable bonds is 1. The molecular weight excluding hydrogens is 298 g/mol. The molecule has 0 aromatic heterocycles. The lowest BCUT2D eigenvalue weighted by molar-refractivity contribution is 0.325. The number of hydrogen-bond donors (Lipinski definition) is 1. The third-order valence-electron chi connectivity index (χ3n) is 2.19. The van der Waals surface area contributed by atoms with Gasteiger partial charge in [-0.2, -0.15) is 0 Å². The van der Waals surface area contributed by atoms with Gasteiger partial charge in [-0.25, -0.2) is 0 Å². The zero-order valence-electron chi connectivity index (χ0n) is 8.38. The fourth-order valence-corrected chi connectivity index (χ4v) is 2.77. The second-order valence-electron chi connectivity index (χ2n) is 3.11. The highest BCUT2D eigenvalue weighted by Crippen LogP contribution is 2.33. The predicted octanol–water partition coefficient (Wildman–Crippen LogP) is 3.07. The van der Waals surface area contributed by atoms with Crippen LogP contribution < -0.4 is 10.1 Å². The van der Waals surface area contributed by atoms with Crippen LogP contribution in [0.15, 0.2) is 21.5 Å². The SMILES string of the molecule is CSc1cc(Br)cc2c1CNCCO2.Cl. The number of nitrogens with one attached hydrogen (secondary N) is 1. The zero-order chi connectivity index (χ0) is 9.97. The number of benzene rings is 1. The summed E-state index contributed by atoms with van der Waals surface area (Å²) in [6.45, 7) is 2.57. The summed E-state index contributed by atoms with van der Waals surface area (Å²) in [4.78, 5) is 1.28. The van der Waals surface area contributed by atoms with Gasteiger partial charge < -0.3 is 10.1 Å². The van der Waals surface area contributed by atoms with Crippen LogP contribution in [0.3, 0.4) is 0 Å². The van der Waals surface area contributed by atoms with E-state index in [1.54, 1.807) is 11.8 Å². The molecule has 1 aliphatic heterocycles. The summed E-state index contributed by atoms with van der Waals surface area (Å²) < 4.78 is 6.75. The molecule has 0 radical (unpaired) electrons. The van der Waals surface area contributed by atoms with Gasteiger partial charge in [-0.3, -0.25) is 0 Å². The molecule has 0 bridgehead atoms. The molecule has 1 N–H and O–H groups in total. The van der Waals surface area contributed by atoms with Gasteiger partial charge >= 0.3 is 0 Å². The Kier molecular flexibility index (Phi) is 5.26. The van der Waals surface area contributed by atoms with Crippen LogP contribution >= 0.6 is 40.1 Å². The molecule has 0 saturated heterocycles. The van der Waals surface area contributed by atoms with Gasteiger partial charge in [0.1, 0.15) is 12.4 Å². The summed E-state index contributed by atoms with van der Waals surface area (Å²) in [5.74, 6) is 1.01. The molecule has 1 aliphatic rings. The number of hydrogen-bond acceptors (Lipinski definition) is 3. The molecular formula is C10H13BrClNOS. The van der Waals surface area contributed by atoms with E-state index in [0.29, 0.717) is 0 Å². The first kappa shape index (κ1) is 13.2. The summed E-state index contributed by atoms with van der Waals surface area (Å²) in [5.41, 5.74) is 1.28. The van der Waals surface area contributed by atoms with Crippen molar-refractivity contribution >= 4 is 40.1 Å². The van der Waals surface area contributed by atoms with Gasteiger partial charge in [-0.15, -0.1) is 24.2 Å². The second kappa shape index (κ2) is 5.99. The number of ether oxygens (including phenoxy) is 1. The van der Waals surface area contributed by atoms with Crippen LogP contribution in [0.1, 0.15) is 5.56 Å². The standard InChI is InChI=1S/C10H12BrNOS.ClH/c1-14-10-5-7(11)4-9-8(10)6-12-2-3-13-9;/h4-5,12H,2-3,6H2,1H3;1H. The molecule has 2 rings (SSSR count). The van der Waals surface area contributed by atoms with Crippen molar-refractivity contribution in [2.24, 2.45) is 0 Å². The zero-order valence-corrected chi connectivity index (χ0v) is 11.6. The first-order valence-electron chi connectivity index (χ1n) is 4.51. The lowest BCUT2D eigenvalue weighted by Gasteiger charge is -2.11. The minimum atomic E-state index is 0. The van der Waals surface area contributed by atoms with Crippen molar-refractivity contribution < 1.29 is 4.74 Å². The third-order valence-corrected chi connectivity index (χ3v) is 3.45. The highest BCUT2D eigenvalue weighted by molar-refractivity contribution is 9.10. The van der Waals surface area contributed by atoms with E-state index in [1.807, 2.05) is 6.07 Å². The minimum absolute atomic E-state index is 0. The highest BCUT2D eigenvalue weighted by atomic mass is 79.9. The van der Waals surface area contributed by atoms with Crippen LogP contribution in [-0.4, -0.2) is 19.4 Å². The smallest absolute Gasteiger partial charge is 0.126 e. The fraction of sp³-hybridized carbons (Fsp3) is 0.400. The lowest BCUT2D eigenvalue weighted by Crippen LogP contribution is -2.16. The normalized spacial score (nSPS) is 14.5. The van der Waals surface area contributed by atoms with Crippen molar-refractivity contribution in [3.05, 3.63) is 22.2 Å². The van der Waals surface area contributed by atoms with Crippen LogP contribution in [0.2, 0.25) is 0 Å². The van der Waals surface area contributed by atoms with Crippen molar-refractivity contribution in [2.75, 3.05) is 19.4 Å². The lowest BCUT2D eigenvalue weighted by atomic mass is 10.2. The van der Waals surface area contributed by atoms with Crippen molar-refractivity contribution in [3.63, 3.8) is 0 Å². The maximum absolute atomic E-state index is 5.67. The molecule has 1 aromatic rings. The molecule has 84 valence electrons. The number of halogens is 2. The average Bonchev–Trinajstić information content (AvgIpc) is 2.41.